The van der Waals surface area contributed by atoms with E-state index >= 15 is 0 Å². The van der Waals surface area contributed by atoms with Gasteiger partial charge in [-0.2, -0.15) is 18.3 Å². The minimum Gasteiger partial charge on any atom is -0.354 e. The molecule has 164 valence electrons. The van der Waals surface area contributed by atoms with Gasteiger partial charge in [0.25, 0.3) is 0 Å². The quantitative estimate of drug-likeness (QED) is 0.602. The highest BCUT2D eigenvalue weighted by atomic mass is 19.4. The third-order valence-electron chi connectivity index (χ3n) is 5.42. The second-order valence-electron chi connectivity index (χ2n) is 7.44. The fraction of sp³-hybridized carbons (Fsp3) is 0.333. The normalized spacial score (nSPS) is 15.5. The van der Waals surface area contributed by atoms with Crippen molar-refractivity contribution in [2.24, 2.45) is 5.73 Å². The summed E-state index contributed by atoms with van der Waals surface area (Å²) in [6.45, 7) is 3.52. The highest BCUT2D eigenvalue weighted by molar-refractivity contribution is 5.63. The third kappa shape index (κ3) is 4.70. The lowest BCUT2D eigenvalue weighted by atomic mass is 10.0. The van der Waals surface area contributed by atoms with E-state index < -0.39 is 11.7 Å². The van der Waals surface area contributed by atoms with Crippen LogP contribution in [-0.4, -0.2) is 46.3 Å². The summed E-state index contributed by atoms with van der Waals surface area (Å²) >= 11 is 0. The number of nitrogens with two attached hydrogens (primary N) is 1. The first-order valence-corrected chi connectivity index (χ1v) is 9.87. The van der Waals surface area contributed by atoms with Gasteiger partial charge in [0.15, 0.2) is 0 Å². The van der Waals surface area contributed by atoms with Crippen LogP contribution in [-0.2, 0) is 19.3 Å². The monoisotopic (exact) mass is 434 g/mol. The van der Waals surface area contributed by atoms with Gasteiger partial charge in [-0.15, -0.1) is 0 Å². The molecule has 0 amide bonds. The number of aromatic nitrogens is 3. The summed E-state index contributed by atoms with van der Waals surface area (Å²) in [6.07, 6.45) is -1.69. The number of anilines is 1. The summed E-state index contributed by atoms with van der Waals surface area (Å²) in [4.78, 5) is 8.19. The van der Waals surface area contributed by atoms with E-state index in [0.29, 0.717) is 31.0 Å². The molecule has 0 bridgehead atoms. The fourth-order valence-electron chi connectivity index (χ4n) is 3.68. The predicted molar refractivity (Wildman–Crippen MR) is 109 cm³/mol. The average Bonchev–Trinajstić information content (AvgIpc) is 3.22. The van der Waals surface area contributed by atoms with Gasteiger partial charge >= 0.3 is 6.18 Å². The summed E-state index contributed by atoms with van der Waals surface area (Å²) in [5.41, 5.74) is 7.82. The largest absolute Gasteiger partial charge is 0.417 e. The van der Waals surface area contributed by atoms with E-state index in [2.05, 4.69) is 20.1 Å². The maximum absolute atomic E-state index is 13.8. The van der Waals surface area contributed by atoms with E-state index in [0.717, 1.165) is 42.2 Å². The highest BCUT2D eigenvalue weighted by Gasteiger charge is 2.31. The summed E-state index contributed by atoms with van der Waals surface area (Å²) in [6, 6.07) is 7.26. The minimum absolute atomic E-state index is 0.110. The molecule has 3 N–H and O–H groups in total. The number of rotatable bonds is 5. The van der Waals surface area contributed by atoms with E-state index in [1.807, 2.05) is 11.1 Å². The maximum atomic E-state index is 13.8. The van der Waals surface area contributed by atoms with Gasteiger partial charge in [0.1, 0.15) is 11.6 Å². The van der Waals surface area contributed by atoms with Crippen LogP contribution in [0.25, 0.3) is 11.3 Å². The second kappa shape index (κ2) is 8.64. The van der Waals surface area contributed by atoms with E-state index in [1.54, 1.807) is 12.1 Å². The average molecular weight is 434 g/mol. The smallest absolute Gasteiger partial charge is 0.354 e. The topological polar surface area (TPSA) is 74.1 Å². The van der Waals surface area contributed by atoms with E-state index in [9.17, 15) is 17.6 Å². The number of nitrogens with one attached hydrogen (secondary N) is 1. The van der Waals surface area contributed by atoms with Gasteiger partial charge in [-0.1, -0.05) is 0 Å². The number of hydrogen-bond donors (Lipinski definition) is 2. The summed E-state index contributed by atoms with van der Waals surface area (Å²) in [5, 5.41) is 7.20. The van der Waals surface area contributed by atoms with Crippen LogP contribution in [0.15, 0.2) is 42.7 Å². The molecule has 3 aromatic rings. The van der Waals surface area contributed by atoms with E-state index in [-0.39, 0.29) is 12.4 Å². The van der Waals surface area contributed by atoms with Crippen molar-refractivity contribution in [2.45, 2.75) is 19.3 Å². The van der Waals surface area contributed by atoms with Crippen LogP contribution in [0.4, 0.5) is 23.4 Å². The Morgan fingerprint density at radius 2 is 1.81 bits per heavy atom. The Bertz CT molecular complexity index is 1020. The van der Waals surface area contributed by atoms with Crippen molar-refractivity contribution in [2.75, 3.05) is 31.1 Å². The Balaban J connectivity index is 1.40. The zero-order chi connectivity index (χ0) is 22.0. The molecule has 0 spiro atoms. The van der Waals surface area contributed by atoms with Crippen LogP contribution in [0.3, 0.4) is 0 Å². The van der Waals surface area contributed by atoms with Crippen molar-refractivity contribution in [3.05, 3.63) is 65.2 Å². The minimum atomic E-state index is -4.39. The lowest BCUT2D eigenvalue weighted by Gasteiger charge is -2.35. The molecule has 0 aliphatic carbocycles. The molecule has 1 aromatic carbocycles. The first-order chi connectivity index (χ1) is 14.8. The lowest BCUT2D eigenvalue weighted by Crippen LogP contribution is -2.46. The number of pyridine rings is 1. The number of nitrogens with zero attached hydrogens (tertiary/aromatic N) is 4. The first kappa shape index (κ1) is 21.3. The molecule has 1 aliphatic heterocycles. The van der Waals surface area contributed by atoms with Crippen LogP contribution in [0.5, 0.6) is 0 Å². The Kier molecular flexibility index (Phi) is 5.92. The van der Waals surface area contributed by atoms with Crippen molar-refractivity contribution in [3.8, 4) is 11.3 Å². The molecule has 1 saturated heterocycles. The van der Waals surface area contributed by atoms with Crippen molar-refractivity contribution >= 4 is 5.82 Å². The Morgan fingerprint density at radius 3 is 2.45 bits per heavy atom. The first-order valence-electron chi connectivity index (χ1n) is 9.87. The van der Waals surface area contributed by atoms with Gasteiger partial charge in [0, 0.05) is 68.4 Å². The van der Waals surface area contributed by atoms with Gasteiger partial charge in [-0.25, -0.2) is 9.37 Å². The van der Waals surface area contributed by atoms with Crippen molar-refractivity contribution in [3.63, 3.8) is 0 Å². The van der Waals surface area contributed by atoms with Gasteiger partial charge in [0.05, 0.1) is 11.3 Å². The highest BCUT2D eigenvalue weighted by Crippen LogP contribution is 2.30. The van der Waals surface area contributed by atoms with Gasteiger partial charge in [-0.3, -0.25) is 10.00 Å². The zero-order valence-electron chi connectivity index (χ0n) is 16.7. The van der Waals surface area contributed by atoms with Crippen LogP contribution in [0.2, 0.25) is 0 Å². The molecule has 0 unspecified atom stereocenters. The number of benzene rings is 1. The van der Waals surface area contributed by atoms with Crippen LogP contribution in [0, 0.1) is 5.82 Å². The maximum Gasteiger partial charge on any atom is 0.417 e. The molecule has 31 heavy (non-hydrogen) atoms. The Hall–Kier alpha value is -2.98. The van der Waals surface area contributed by atoms with Gasteiger partial charge < -0.3 is 10.6 Å². The standard InChI is InChI=1S/C21H22F4N6/c22-18-3-1-14(9-15(18)10-26)20-16(11-28-29-20)13-30-5-7-31(8-6-30)19-4-2-17(12-27-19)21(23,24)25/h1-4,9,11-12H,5-8,10,13,26H2,(H,28,29). The number of hydrogen-bond acceptors (Lipinski definition) is 5. The number of alkyl halides is 3. The number of H-pyrrole nitrogens is 1. The molecule has 2 aromatic heterocycles. The molecule has 1 fully saturated rings. The number of halogens is 4. The second-order valence-corrected chi connectivity index (χ2v) is 7.44. The van der Waals surface area contributed by atoms with Crippen molar-refractivity contribution < 1.29 is 17.6 Å². The fourth-order valence-corrected chi connectivity index (χ4v) is 3.68. The van der Waals surface area contributed by atoms with Crippen LogP contribution < -0.4 is 10.6 Å². The van der Waals surface area contributed by atoms with E-state index in [4.69, 9.17) is 5.73 Å². The summed E-state index contributed by atoms with van der Waals surface area (Å²) in [7, 11) is 0. The molecule has 6 nitrogen and oxygen atoms in total. The lowest BCUT2D eigenvalue weighted by molar-refractivity contribution is -0.137. The SMILES string of the molecule is NCc1cc(-c2n[nH]cc2CN2CCN(c3ccc(C(F)(F)F)cn3)CC2)ccc1F. The third-order valence-corrected chi connectivity index (χ3v) is 5.42. The molecule has 10 heteroatoms. The van der Waals surface area contributed by atoms with Crippen molar-refractivity contribution in [1.29, 1.82) is 0 Å². The van der Waals surface area contributed by atoms with Crippen molar-refractivity contribution in [1.82, 2.24) is 20.1 Å². The molecular formula is C21H22F4N6. The summed E-state index contributed by atoms with van der Waals surface area (Å²) in [5.74, 6) is 0.202. The molecule has 1 aliphatic rings. The molecule has 3 heterocycles. The molecule has 0 radical (unpaired) electrons. The number of piperazine rings is 1. The van der Waals surface area contributed by atoms with Gasteiger partial charge in [-0.05, 0) is 30.3 Å². The van der Waals surface area contributed by atoms with Crippen LogP contribution >= 0.6 is 0 Å². The van der Waals surface area contributed by atoms with E-state index in [1.165, 1.54) is 12.1 Å². The zero-order valence-corrected chi connectivity index (χ0v) is 16.7. The number of aromatic amines is 1. The van der Waals surface area contributed by atoms with Crippen LogP contribution in [0.1, 0.15) is 16.7 Å². The molecular weight excluding hydrogens is 412 g/mol. The molecule has 0 atom stereocenters. The Labute approximate surface area is 176 Å². The summed E-state index contributed by atoms with van der Waals surface area (Å²) < 4.78 is 51.9. The molecule has 4 rings (SSSR count). The Morgan fingerprint density at radius 1 is 1.03 bits per heavy atom. The van der Waals surface area contributed by atoms with Gasteiger partial charge in [0.2, 0.25) is 0 Å². The predicted octanol–water partition coefficient (Wildman–Crippen LogP) is 3.41. The molecule has 0 saturated carbocycles.